The first-order valence-corrected chi connectivity index (χ1v) is 9.09. The van der Waals surface area contributed by atoms with Crippen LogP contribution in [0.3, 0.4) is 0 Å². The zero-order valence-electron chi connectivity index (χ0n) is 14.9. The number of nitrogens with zero attached hydrogens (tertiary/aromatic N) is 3. The number of nitrogens with one attached hydrogen (secondary N) is 1. The quantitative estimate of drug-likeness (QED) is 0.871. The fourth-order valence-corrected chi connectivity index (χ4v) is 3.09. The number of halogens is 2. The molecule has 8 heteroatoms. The highest BCUT2D eigenvalue weighted by Crippen LogP contribution is 2.20. The summed E-state index contributed by atoms with van der Waals surface area (Å²) in [5.74, 6) is -1.15. The fraction of sp³-hybridized carbons (Fsp3) is 0.316. The van der Waals surface area contributed by atoms with Gasteiger partial charge in [0.1, 0.15) is 5.82 Å². The third-order valence-electron chi connectivity index (χ3n) is 4.53. The molecule has 0 radical (unpaired) electrons. The molecule has 27 heavy (non-hydrogen) atoms. The lowest BCUT2D eigenvalue weighted by molar-refractivity contribution is 0.0643. The van der Waals surface area contributed by atoms with E-state index in [1.165, 1.54) is 36.7 Å². The lowest BCUT2D eigenvalue weighted by Gasteiger charge is -2.34. The molecule has 142 valence electrons. The SMILES string of the molecule is CCN1CCN(C(=O)c2cncc(C(=O)Nc3ccc(F)c(Cl)c3)c2)CC1. The van der Waals surface area contributed by atoms with Crippen molar-refractivity contribution in [1.82, 2.24) is 14.8 Å². The van der Waals surface area contributed by atoms with Crippen molar-refractivity contribution in [3.8, 4) is 0 Å². The van der Waals surface area contributed by atoms with Gasteiger partial charge in [-0.05, 0) is 30.8 Å². The Labute approximate surface area is 161 Å². The zero-order valence-corrected chi connectivity index (χ0v) is 15.7. The average Bonchev–Trinajstić information content (AvgIpc) is 2.70. The van der Waals surface area contributed by atoms with Gasteiger partial charge >= 0.3 is 0 Å². The number of hydrogen-bond acceptors (Lipinski definition) is 4. The van der Waals surface area contributed by atoms with Crippen LogP contribution in [-0.2, 0) is 0 Å². The van der Waals surface area contributed by atoms with Crippen molar-refractivity contribution < 1.29 is 14.0 Å². The van der Waals surface area contributed by atoms with E-state index in [2.05, 4.69) is 22.1 Å². The number of carbonyl (C=O) groups excluding carboxylic acids is 2. The van der Waals surface area contributed by atoms with Crippen molar-refractivity contribution in [2.24, 2.45) is 0 Å². The first-order valence-electron chi connectivity index (χ1n) is 8.71. The highest BCUT2D eigenvalue weighted by Gasteiger charge is 2.22. The molecule has 1 aromatic heterocycles. The summed E-state index contributed by atoms with van der Waals surface area (Å²) in [6, 6.07) is 5.42. The largest absolute Gasteiger partial charge is 0.336 e. The molecule has 3 rings (SSSR count). The number of likely N-dealkylation sites (N-methyl/N-ethyl adjacent to an activating group) is 1. The molecule has 1 saturated heterocycles. The maximum absolute atomic E-state index is 13.2. The second-order valence-corrected chi connectivity index (χ2v) is 6.68. The summed E-state index contributed by atoms with van der Waals surface area (Å²) in [6.45, 7) is 6.03. The number of piperazine rings is 1. The Morgan fingerprint density at radius 3 is 2.52 bits per heavy atom. The Kier molecular flexibility index (Phi) is 6.03. The van der Waals surface area contributed by atoms with E-state index in [-0.39, 0.29) is 16.5 Å². The molecule has 1 fully saturated rings. The molecule has 0 unspecified atom stereocenters. The van der Waals surface area contributed by atoms with Gasteiger partial charge in [0, 0.05) is 44.3 Å². The van der Waals surface area contributed by atoms with Crippen LogP contribution < -0.4 is 5.32 Å². The molecule has 2 heterocycles. The van der Waals surface area contributed by atoms with E-state index in [4.69, 9.17) is 11.6 Å². The fourth-order valence-electron chi connectivity index (χ4n) is 2.91. The Bertz CT molecular complexity index is 853. The molecule has 6 nitrogen and oxygen atoms in total. The zero-order chi connectivity index (χ0) is 19.4. The normalized spacial score (nSPS) is 14.9. The number of amides is 2. The predicted molar refractivity (Wildman–Crippen MR) is 102 cm³/mol. The number of carbonyl (C=O) groups is 2. The van der Waals surface area contributed by atoms with E-state index in [9.17, 15) is 14.0 Å². The van der Waals surface area contributed by atoms with Crippen molar-refractivity contribution >= 4 is 29.1 Å². The van der Waals surface area contributed by atoms with Crippen LogP contribution in [0.5, 0.6) is 0 Å². The van der Waals surface area contributed by atoms with Crippen LogP contribution in [0.25, 0.3) is 0 Å². The molecule has 0 aliphatic carbocycles. The smallest absolute Gasteiger partial charge is 0.257 e. The van der Waals surface area contributed by atoms with Crippen molar-refractivity contribution in [3.63, 3.8) is 0 Å². The van der Waals surface area contributed by atoms with Crippen LogP contribution in [0.4, 0.5) is 10.1 Å². The third-order valence-corrected chi connectivity index (χ3v) is 4.82. The molecule has 0 bridgehead atoms. The minimum atomic E-state index is -0.563. The van der Waals surface area contributed by atoms with Crippen LogP contribution in [0, 0.1) is 5.82 Å². The average molecular weight is 391 g/mol. The van der Waals surface area contributed by atoms with Crippen LogP contribution in [0.2, 0.25) is 5.02 Å². The number of aromatic nitrogens is 1. The van der Waals surface area contributed by atoms with Crippen molar-refractivity contribution in [3.05, 3.63) is 58.6 Å². The second kappa shape index (κ2) is 8.45. The minimum absolute atomic E-state index is 0.0823. The standard InChI is InChI=1S/C19H20ClFN4O2/c1-2-24-5-7-25(8-6-24)19(27)14-9-13(11-22-12-14)18(26)23-15-3-4-17(21)16(20)10-15/h3-4,9-12H,2,5-8H2,1H3,(H,23,26). The van der Waals surface area contributed by atoms with Crippen molar-refractivity contribution in [2.45, 2.75) is 6.92 Å². The summed E-state index contributed by atoms with van der Waals surface area (Å²) in [5.41, 5.74) is 0.969. The van der Waals surface area contributed by atoms with Gasteiger partial charge < -0.3 is 15.1 Å². The monoisotopic (exact) mass is 390 g/mol. The van der Waals surface area contributed by atoms with E-state index in [1.54, 1.807) is 4.90 Å². The van der Waals surface area contributed by atoms with Crippen LogP contribution >= 0.6 is 11.6 Å². The van der Waals surface area contributed by atoms with Gasteiger partial charge in [-0.1, -0.05) is 18.5 Å². The van der Waals surface area contributed by atoms with Gasteiger partial charge in [0.2, 0.25) is 0 Å². The summed E-state index contributed by atoms with van der Waals surface area (Å²) >= 11 is 5.72. The topological polar surface area (TPSA) is 65.5 Å². The van der Waals surface area contributed by atoms with E-state index in [0.717, 1.165) is 19.6 Å². The lowest BCUT2D eigenvalue weighted by Crippen LogP contribution is -2.48. The number of hydrogen-bond donors (Lipinski definition) is 1. The molecule has 1 N–H and O–H groups in total. The molecule has 1 aliphatic rings. The van der Waals surface area contributed by atoms with E-state index < -0.39 is 11.7 Å². The Morgan fingerprint density at radius 2 is 1.85 bits per heavy atom. The van der Waals surface area contributed by atoms with Gasteiger partial charge in [0.05, 0.1) is 16.1 Å². The van der Waals surface area contributed by atoms with Gasteiger partial charge in [-0.2, -0.15) is 0 Å². The van der Waals surface area contributed by atoms with E-state index in [1.807, 2.05) is 0 Å². The highest BCUT2D eigenvalue weighted by molar-refractivity contribution is 6.31. The van der Waals surface area contributed by atoms with E-state index >= 15 is 0 Å². The molecule has 2 aromatic rings. The Morgan fingerprint density at radius 1 is 1.15 bits per heavy atom. The van der Waals surface area contributed by atoms with Crippen LogP contribution in [0.15, 0.2) is 36.7 Å². The summed E-state index contributed by atoms with van der Waals surface area (Å²) in [7, 11) is 0. The van der Waals surface area contributed by atoms with Gasteiger partial charge in [-0.3, -0.25) is 14.6 Å². The first kappa shape index (κ1) is 19.3. The summed E-state index contributed by atoms with van der Waals surface area (Å²) < 4.78 is 13.2. The molecule has 0 spiro atoms. The number of pyridine rings is 1. The number of anilines is 1. The minimum Gasteiger partial charge on any atom is -0.336 e. The maximum atomic E-state index is 13.2. The number of rotatable bonds is 4. The second-order valence-electron chi connectivity index (χ2n) is 6.27. The summed E-state index contributed by atoms with van der Waals surface area (Å²) in [5, 5.41) is 2.54. The van der Waals surface area contributed by atoms with Gasteiger partial charge in [0.25, 0.3) is 11.8 Å². The van der Waals surface area contributed by atoms with Crippen LogP contribution in [-0.4, -0.2) is 59.3 Å². The first-order chi connectivity index (χ1) is 13.0. The molecule has 1 aliphatic heterocycles. The Balaban J connectivity index is 1.70. The van der Waals surface area contributed by atoms with Gasteiger partial charge in [-0.15, -0.1) is 0 Å². The predicted octanol–water partition coefficient (Wildman–Crippen LogP) is 2.90. The molecule has 2 amide bonds. The maximum Gasteiger partial charge on any atom is 0.257 e. The molecule has 0 atom stereocenters. The molecular weight excluding hydrogens is 371 g/mol. The van der Waals surface area contributed by atoms with Crippen LogP contribution in [0.1, 0.15) is 27.6 Å². The number of benzene rings is 1. The lowest BCUT2D eigenvalue weighted by atomic mass is 10.1. The highest BCUT2D eigenvalue weighted by atomic mass is 35.5. The van der Waals surface area contributed by atoms with E-state index in [0.29, 0.717) is 24.3 Å². The van der Waals surface area contributed by atoms with Gasteiger partial charge in [0.15, 0.2) is 0 Å². The van der Waals surface area contributed by atoms with Crippen molar-refractivity contribution in [1.29, 1.82) is 0 Å². The third kappa shape index (κ3) is 4.61. The molecular formula is C19H20ClFN4O2. The Hall–Kier alpha value is -2.51. The molecule has 1 aromatic carbocycles. The van der Waals surface area contributed by atoms with Crippen molar-refractivity contribution in [2.75, 3.05) is 38.0 Å². The summed E-state index contributed by atoms with van der Waals surface area (Å²) in [6.07, 6.45) is 2.84. The summed E-state index contributed by atoms with van der Waals surface area (Å²) in [4.78, 5) is 33.2. The molecule has 0 saturated carbocycles. The van der Waals surface area contributed by atoms with Gasteiger partial charge in [-0.25, -0.2) is 4.39 Å².